The van der Waals surface area contributed by atoms with Crippen LogP contribution in [0.5, 0.6) is 0 Å². The van der Waals surface area contributed by atoms with E-state index in [4.69, 9.17) is 4.74 Å². The molecule has 0 spiro atoms. The molecule has 3 rings (SSSR count). The van der Waals surface area contributed by atoms with Crippen LogP contribution in [0.3, 0.4) is 0 Å². The Labute approximate surface area is 151 Å². The molecule has 2 aliphatic rings. The summed E-state index contributed by atoms with van der Waals surface area (Å²) in [5, 5.41) is 3.31. The monoisotopic (exact) mass is 352 g/mol. The van der Waals surface area contributed by atoms with Gasteiger partial charge in [0, 0.05) is 0 Å². The first-order valence-corrected chi connectivity index (χ1v) is 8.73. The predicted molar refractivity (Wildman–Crippen MR) is 98.6 cm³/mol. The van der Waals surface area contributed by atoms with Crippen molar-refractivity contribution in [1.82, 2.24) is 10.2 Å². The van der Waals surface area contributed by atoms with Crippen molar-refractivity contribution < 1.29 is 9.53 Å². The Balaban J connectivity index is 0.00000208. The summed E-state index contributed by atoms with van der Waals surface area (Å²) in [4.78, 5) is 14.5. The van der Waals surface area contributed by atoms with E-state index >= 15 is 0 Å². The number of hydrogen-bond acceptors (Lipinski definition) is 3. The molecular weight excluding hydrogens is 324 g/mol. The first-order valence-electron chi connectivity index (χ1n) is 8.73. The minimum atomic E-state index is -0.0153. The van der Waals surface area contributed by atoms with Crippen LogP contribution in [-0.2, 0) is 9.53 Å². The number of benzene rings is 1. The van der Waals surface area contributed by atoms with Crippen LogP contribution in [0.25, 0.3) is 0 Å². The summed E-state index contributed by atoms with van der Waals surface area (Å²) in [7, 11) is 0. The molecule has 0 aromatic heterocycles. The second-order valence-electron chi connectivity index (χ2n) is 7.15. The number of aryl methyl sites for hydroxylation is 2. The fourth-order valence-electron chi connectivity index (χ4n) is 3.21. The first kappa shape index (κ1) is 19.2. The predicted octanol–water partition coefficient (Wildman–Crippen LogP) is 3.01. The number of halogens is 1. The first-order chi connectivity index (χ1) is 11.0. The maximum absolute atomic E-state index is 12.5. The molecule has 2 unspecified atom stereocenters. The quantitative estimate of drug-likeness (QED) is 0.885. The van der Waals surface area contributed by atoms with Gasteiger partial charge in [0.25, 0.3) is 0 Å². The van der Waals surface area contributed by atoms with E-state index in [2.05, 4.69) is 44.3 Å². The molecule has 1 heterocycles. The summed E-state index contributed by atoms with van der Waals surface area (Å²) in [6.07, 6.45) is 2.60. The number of hydrogen-bond donors (Lipinski definition) is 1. The van der Waals surface area contributed by atoms with Gasteiger partial charge in [-0.3, -0.25) is 4.79 Å². The van der Waals surface area contributed by atoms with Crippen molar-refractivity contribution in [2.24, 2.45) is 5.92 Å². The highest BCUT2D eigenvalue weighted by atomic mass is 35.5. The molecule has 1 aliphatic heterocycles. The molecule has 1 aliphatic carbocycles. The molecule has 1 N–H and O–H groups in total. The fraction of sp³-hybridized carbons (Fsp3) is 0.632. The van der Waals surface area contributed by atoms with Crippen LogP contribution in [0, 0.1) is 19.8 Å². The van der Waals surface area contributed by atoms with Gasteiger partial charge in [-0.2, -0.15) is 0 Å². The lowest BCUT2D eigenvalue weighted by Gasteiger charge is -2.39. The summed E-state index contributed by atoms with van der Waals surface area (Å²) in [6.45, 7) is 8.95. The fourth-order valence-corrected chi connectivity index (χ4v) is 3.21. The van der Waals surface area contributed by atoms with Crippen LogP contribution in [0.4, 0.5) is 0 Å². The van der Waals surface area contributed by atoms with Crippen molar-refractivity contribution in [3.05, 3.63) is 34.9 Å². The summed E-state index contributed by atoms with van der Waals surface area (Å²) >= 11 is 0. The Kier molecular flexibility index (Phi) is 6.67. The van der Waals surface area contributed by atoms with Gasteiger partial charge >= 0.3 is 0 Å². The molecule has 1 aromatic carbocycles. The lowest BCUT2D eigenvalue weighted by molar-refractivity contribution is -0.143. The lowest BCUT2D eigenvalue weighted by Crippen LogP contribution is -2.51. The van der Waals surface area contributed by atoms with Gasteiger partial charge in [0.1, 0.15) is 6.10 Å². The van der Waals surface area contributed by atoms with Gasteiger partial charge in [0.15, 0.2) is 0 Å². The molecule has 1 aromatic rings. The Morgan fingerprint density at radius 3 is 2.79 bits per heavy atom. The van der Waals surface area contributed by atoms with E-state index in [0.29, 0.717) is 19.7 Å². The smallest absolute Gasteiger partial charge is 0.236 e. The van der Waals surface area contributed by atoms with Crippen molar-refractivity contribution >= 4 is 18.3 Å². The third-order valence-corrected chi connectivity index (χ3v) is 4.94. The van der Waals surface area contributed by atoms with E-state index in [0.717, 1.165) is 12.5 Å². The van der Waals surface area contributed by atoms with Crippen LogP contribution in [0.1, 0.15) is 42.6 Å². The molecule has 24 heavy (non-hydrogen) atoms. The van der Waals surface area contributed by atoms with E-state index < -0.39 is 0 Å². The molecule has 1 saturated carbocycles. The van der Waals surface area contributed by atoms with Crippen molar-refractivity contribution in [1.29, 1.82) is 0 Å². The Bertz CT molecular complexity index is 574. The number of nitrogens with one attached hydrogen (secondary N) is 1. The molecule has 2 atom stereocenters. The second-order valence-corrected chi connectivity index (χ2v) is 7.15. The van der Waals surface area contributed by atoms with E-state index in [-0.39, 0.29) is 30.5 Å². The maximum atomic E-state index is 12.5. The summed E-state index contributed by atoms with van der Waals surface area (Å²) in [5.41, 5.74) is 3.67. The highest BCUT2D eigenvalue weighted by Gasteiger charge is 2.31. The van der Waals surface area contributed by atoms with Gasteiger partial charge in [-0.15, -0.1) is 12.4 Å². The Morgan fingerprint density at radius 1 is 1.33 bits per heavy atom. The summed E-state index contributed by atoms with van der Waals surface area (Å²) in [6, 6.07) is 6.58. The van der Waals surface area contributed by atoms with Gasteiger partial charge in [-0.25, -0.2) is 0 Å². The van der Waals surface area contributed by atoms with Gasteiger partial charge < -0.3 is 15.0 Å². The standard InChI is InChI=1S/C19H28N2O2.ClH/c1-13-4-5-14(2)17(8-13)18-11-21(15(3)12-23-18)19(22)10-20-9-16-6-7-16;/h4-5,8,15-16,18,20H,6-7,9-12H2,1-3H3;1H. The highest BCUT2D eigenvalue weighted by molar-refractivity contribution is 5.85. The average molecular weight is 353 g/mol. The molecule has 4 nitrogen and oxygen atoms in total. The molecular formula is C19H29ClN2O2. The zero-order valence-corrected chi connectivity index (χ0v) is 15.7. The Morgan fingerprint density at radius 2 is 2.08 bits per heavy atom. The Hall–Kier alpha value is -1.10. The minimum absolute atomic E-state index is 0. The number of nitrogens with zero attached hydrogens (tertiary/aromatic N) is 1. The maximum Gasteiger partial charge on any atom is 0.236 e. The number of morpholine rings is 1. The molecule has 5 heteroatoms. The minimum Gasteiger partial charge on any atom is -0.370 e. The zero-order chi connectivity index (χ0) is 16.4. The molecule has 2 fully saturated rings. The van der Waals surface area contributed by atoms with Gasteiger partial charge in [-0.05, 0) is 57.2 Å². The number of carbonyl (C=O) groups is 1. The van der Waals surface area contributed by atoms with Crippen molar-refractivity contribution in [2.45, 2.75) is 45.8 Å². The largest absolute Gasteiger partial charge is 0.370 e. The van der Waals surface area contributed by atoms with Crippen LogP contribution in [-0.4, -0.2) is 43.1 Å². The highest BCUT2D eigenvalue weighted by Crippen LogP contribution is 2.29. The van der Waals surface area contributed by atoms with Crippen molar-refractivity contribution in [2.75, 3.05) is 26.2 Å². The van der Waals surface area contributed by atoms with Crippen LogP contribution in [0.15, 0.2) is 18.2 Å². The van der Waals surface area contributed by atoms with Gasteiger partial charge in [0.05, 0.1) is 25.7 Å². The number of carbonyl (C=O) groups excluding carboxylic acids is 1. The van der Waals surface area contributed by atoms with Crippen molar-refractivity contribution in [3.8, 4) is 0 Å². The molecule has 134 valence electrons. The molecule has 0 radical (unpaired) electrons. The van der Waals surface area contributed by atoms with E-state index in [1.54, 1.807) is 0 Å². The number of amides is 1. The summed E-state index contributed by atoms with van der Waals surface area (Å²) < 4.78 is 6.03. The third kappa shape index (κ3) is 4.71. The zero-order valence-electron chi connectivity index (χ0n) is 14.9. The van der Waals surface area contributed by atoms with Gasteiger partial charge in [0.2, 0.25) is 5.91 Å². The SMILES string of the molecule is Cc1ccc(C)c(C2CN(C(=O)CNCC3CC3)C(C)CO2)c1.Cl. The van der Waals surface area contributed by atoms with E-state index in [1.807, 2.05) is 4.90 Å². The van der Waals surface area contributed by atoms with Crippen LogP contribution in [0.2, 0.25) is 0 Å². The molecule has 0 bridgehead atoms. The molecule has 1 saturated heterocycles. The normalized spacial score (nSPS) is 23.7. The van der Waals surface area contributed by atoms with E-state index in [9.17, 15) is 4.79 Å². The van der Waals surface area contributed by atoms with Crippen LogP contribution < -0.4 is 5.32 Å². The van der Waals surface area contributed by atoms with Gasteiger partial charge in [-0.1, -0.05) is 23.8 Å². The lowest BCUT2D eigenvalue weighted by atomic mass is 9.99. The van der Waals surface area contributed by atoms with Crippen LogP contribution >= 0.6 is 12.4 Å². The van der Waals surface area contributed by atoms with E-state index in [1.165, 1.54) is 29.5 Å². The third-order valence-electron chi connectivity index (χ3n) is 4.94. The van der Waals surface area contributed by atoms with Crippen molar-refractivity contribution in [3.63, 3.8) is 0 Å². The second kappa shape index (κ2) is 8.32. The summed E-state index contributed by atoms with van der Waals surface area (Å²) in [5.74, 6) is 0.990. The molecule has 1 amide bonds. The average Bonchev–Trinajstić information content (AvgIpc) is 3.34. The number of ether oxygens (including phenoxy) is 1. The number of rotatable bonds is 5. The topological polar surface area (TPSA) is 41.6 Å².